The summed E-state index contributed by atoms with van der Waals surface area (Å²) in [6, 6.07) is 59.7. The van der Waals surface area contributed by atoms with Crippen LogP contribution in [0, 0.1) is 0 Å². The molecule has 0 unspecified atom stereocenters. The number of benzene rings is 8. The second kappa shape index (κ2) is 9.44. The highest BCUT2D eigenvalue weighted by Gasteiger charge is 2.16. The summed E-state index contributed by atoms with van der Waals surface area (Å²) in [6.45, 7) is 0. The Hall–Kier alpha value is -5.66. The van der Waals surface area contributed by atoms with Crippen LogP contribution in [0.2, 0.25) is 0 Å². The summed E-state index contributed by atoms with van der Waals surface area (Å²) in [6.07, 6.45) is 0. The Morgan fingerprint density at radius 3 is 1.79 bits per heavy atom. The highest BCUT2D eigenvalue weighted by atomic mass is 15.0. The zero-order chi connectivity index (χ0) is 28.3. The van der Waals surface area contributed by atoms with E-state index in [0.29, 0.717) is 0 Å². The van der Waals surface area contributed by atoms with E-state index < -0.39 is 0 Å². The van der Waals surface area contributed by atoms with Crippen molar-refractivity contribution >= 4 is 54.1 Å². The van der Waals surface area contributed by atoms with Gasteiger partial charge in [-0.25, -0.2) is 0 Å². The number of hydrogen-bond donors (Lipinski definition) is 0. The van der Waals surface area contributed by atoms with Crippen LogP contribution in [-0.4, -0.2) is 4.57 Å². The fraction of sp³-hybridized carbons (Fsp3) is 0. The lowest BCUT2D eigenvalue weighted by molar-refractivity contribution is 1.18. The second-order valence-corrected chi connectivity index (χ2v) is 11.4. The maximum absolute atomic E-state index is 2.41. The van der Waals surface area contributed by atoms with Crippen molar-refractivity contribution in [2.75, 3.05) is 0 Å². The van der Waals surface area contributed by atoms with Crippen LogP contribution in [0.1, 0.15) is 0 Å². The molecular weight excluding hydrogens is 518 g/mol. The van der Waals surface area contributed by atoms with E-state index in [1.807, 2.05) is 0 Å². The summed E-state index contributed by atoms with van der Waals surface area (Å²) in [5.41, 5.74) is 8.58. The molecule has 0 spiro atoms. The van der Waals surface area contributed by atoms with Gasteiger partial charge >= 0.3 is 0 Å². The first-order valence-corrected chi connectivity index (χ1v) is 14.9. The van der Waals surface area contributed by atoms with Crippen molar-refractivity contribution in [3.05, 3.63) is 164 Å². The van der Waals surface area contributed by atoms with Crippen LogP contribution in [0.3, 0.4) is 0 Å². The number of fused-ring (bicyclic) bond motifs is 8. The minimum atomic E-state index is 1.17. The van der Waals surface area contributed by atoms with Crippen molar-refractivity contribution in [2.24, 2.45) is 0 Å². The Bertz CT molecular complexity index is 2480. The molecule has 9 aromatic rings. The first-order valence-electron chi connectivity index (χ1n) is 14.9. The normalized spacial score (nSPS) is 11.7. The first-order chi connectivity index (χ1) is 21.3. The van der Waals surface area contributed by atoms with Crippen LogP contribution in [0.15, 0.2) is 164 Å². The van der Waals surface area contributed by atoms with Gasteiger partial charge in [0.1, 0.15) is 0 Å². The Kier molecular flexibility index (Phi) is 5.27. The van der Waals surface area contributed by atoms with Crippen LogP contribution in [0.4, 0.5) is 0 Å². The molecule has 0 aliphatic rings. The summed E-state index contributed by atoms with van der Waals surface area (Å²) in [7, 11) is 0. The molecule has 1 heteroatoms. The summed E-state index contributed by atoms with van der Waals surface area (Å²) in [5, 5.41) is 10.3. The fourth-order valence-corrected chi connectivity index (χ4v) is 6.96. The van der Waals surface area contributed by atoms with Gasteiger partial charge in [0, 0.05) is 16.5 Å². The highest BCUT2D eigenvalue weighted by Crippen LogP contribution is 2.40. The Morgan fingerprint density at radius 1 is 0.326 bits per heavy atom. The predicted octanol–water partition coefficient (Wildman–Crippen LogP) is 11.6. The van der Waals surface area contributed by atoms with Crippen molar-refractivity contribution in [1.82, 2.24) is 4.57 Å². The quantitative estimate of drug-likeness (QED) is 0.195. The average molecular weight is 546 g/mol. The summed E-state index contributed by atoms with van der Waals surface area (Å²) in [5.74, 6) is 0. The molecule has 0 bridgehead atoms. The molecule has 0 saturated carbocycles. The molecule has 1 aromatic heterocycles. The molecule has 9 rings (SSSR count). The molecular formula is C42H27N. The zero-order valence-corrected chi connectivity index (χ0v) is 23.5. The summed E-state index contributed by atoms with van der Waals surface area (Å²) < 4.78 is 2.41. The third-order valence-corrected chi connectivity index (χ3v) is 8.97. The van der Waals surface area contributed by atoms with Crippen molar-refractivity contribution < 1.29 is 0 Å². The molecule has 0 radical (unpaired) electrons. The zero-order valence-electron chi connectivity index (χ0n) is 23.5. The molecule has 1 nitrogen and oxygen atoms in total. The van der Waals surface area contributed by atoms with Gasteiger partial charge in [-0.1, -0.05) is 127 Å². The Balaban J connectivity index is 1.30. The van der Waals surface area contributed by atoms with Gasteiger partial charge < -0.3 is 4.57 Å². The van der Waals surface area contributed by atoms with Gasteiger partial charge in [0.2, 0.25) is 0 Å². The molecule has 200 valence electrons. The topological polar surface area (TPSA) is 4.93 Å². The molecule has 0 atom stereocenters. The smallest absolute Gasteiger partial charge is 0.0547 e. The van der Waals surface area contributed by atoms with Gasteiger partial charge in [-0.3, -0.25) is 0 Å². The van der Waals surface area contributed by atoms with Crippen molar-refractivity contribution in [1.29, 1.82) is 0 Å². The monoisotopic (exact) mass is 545 g/mol. The molecule has 0 aliphatic carbocycles. The van der Waals surface area contributed by atoms with E-state index in [4.69, 9.17) is 0 Å². The lowest BCUT2D eigenvalue weighted by Gasteiger charge is -2.13. The molecule has 0 saturated heterocycles. The van der Waals surface area contributed by atoms with Crippen LogP contribution in [0.5, 0.6) is 0 Å². The standard InChI is InChI=1S/C42H27N/c1-2-10-28(11-3-1)29-20-23-33(24-21-29)43-40-17-9-8-16-37(40)42-39-27-32(19-18-30(39)22-25-41(42)43)38-26-31-12-4-5-13-34(31)35-14-6-7-15-36(35)38/h1-27H. The number of para-hydroxylation sites is 1. The van der Waals surface area contributed by atoms with Gasteiger partial charge in [0.25, 0.3) is 0 Å². The van der Waals surface area contributed by atoms with E-state index in [0.717, 1.165) is 0 Å². The third-order valence-electron chi connectivity index (χ3n) is 8.97. The first kappa shape index (κ1) is 24.0. The van der Waals surface area contributed by atoms with E-state index in [9.17, 15) is 0 Å². The van der Waals surface area contributed by atoms with Gasteiger partial charge in [-0.15, -0.1) is 0 Å². The molecule has 0 amide bonds. The summed E-state index contributed by atoms with van der Waals surface area (Å²) in [4.78, 5) is 0. The van der Waals surface area contributed by atoms with E-state index in [-0.39, 0.29) is 0 Å². The van der Waals surface area contributed by atoms with E-state index >= 15 is 0 Å². The van der Waals surface area contributed by atoms with Gasteiger partial charge in [-0.05, 0) is 91.0 Å². The Morgan fingerprint density at radius 2 is 0.953 bits per heavy atom. The lowest BCUT2D eigenvalue weighted by Crippen LogP contribution is -1.93. The number of aromatic nitrogens is 1. The summed E-state index contributed by atoms with van der Waals surface area (Å²) >= 11 is 0. The molecule has 0 fully saturated rings. The SMILES string of the molecule is c1ccc(-c2ccc(-n3c4ccccc4c4c5cc(-c6cc7ccccc7c7ccccc67)ccc5ccc43)cc2)cc1. The van der Waals surface area contributed by atoms with Crippen LogP contribution >= 0.6 is 0 Å². The lowest BCUT2D eigenvalue weighted by atomic mass is 9.91. The number of hydrogen-bond acceptors (Lipinski definition) is 0. The second-order valence-electron chi connectivity index (χ2n) is 11.4. The van der Waals surface area contributed by atoms with Crippen molar-refractivity contribution in [2.45, 2.75) is 0 Å². The van der Waals surface area contributed by atoms with Gasteiger partial charge in [0.05, 0.1) is 11.0 Å². The number of rotatable bonds is 3. The van der Waals surface area contributed by atoms with E-state index in [2.05, 4.69) is 168 Å². The Labute approximate surface area is 249 Å². The predicted molar refractivity (Wildman–Crippen MR) is 184 cm³/mol. The third kappa shape index (κ3) is 3.72. The molecule has 8 aromatic carbocycles. The molecule has 0 aliphatic heterocycles. The fourth-order valence-electron chi connectivity index (χ4n) is 6.96. The van der Waals surface area contributed by atoms with E-state index in [1.165, 1.54) is 82.1 Å². The minimum Gasteiger partial charge on any atom is -0.309 e. The van der Waals surface area contributed by atoms with Crippen LogP contribution in [0.25, 0.3) is 82.1 Å². The van der Waals surface area contributed by atoms with Crippen LogP contribution in [-0.2, 0) is 0 Å². The van der Waals surface area contributed by atoms with Crippen LogP contribution < -0.4 is 0 Å². The largest absolute Gasteiger partial charge is 0.309 e. The molecule has 43 heavy (non-hydrogen) atoms. The van der Waals surface area contributed by atoms with Crippen molar-refractivity contribution in [3.8, 4) is 27.9 Å². The molecule has 0 N–H and O–H groups in total. The highest BCUT2D eigenvalue weighted by molar-refractivity contribution is 6.22. The van der Waals surface area contributed by atoms with Crippen molar-refractivity contribution in [3.63, 3.8) is 0 Å². The molecule has 1 heterocycles. The maximum Gasteiger partial charge on any atom is 0.0547 e. The number of nitrogens with zero attached hydrogens (tertiary/aromatic N) is 1. The van der Waals surface area contributed by atoms with E-state index in [1.54, 1.807) is 0 Å². The maximum atomic E-state index is 2.41. The van der Waals surface area contributed by atoms with Gasteiger partial charge in [0.15, 0.2) is 0 Å². The minimum absolute atomic E-state index is 1.17. The average Bonchev–Trinajstić information content (AvgIpc) is 3.43. The van der Waals surface area contributed by atoms with Gasteiger partial charge in [-0.2, -0.15) is 0 Å².